The van der Waals surface area contributed by atoms with Crippen molar-refractivity contribution >= 4 is 6.47 Å². The van der Waals surface area contributed by atoms with E-state index in [-0.39, 0.29) is 5.92 Å². The summed E-state index contributed by atoms with van der Waals surface area (Å²) in [5, 5.41) is 0. The van der Waals surface area contributed by atoms with Crippen LogP contribution in [0.5, 0.6) is 0 Å². The SMILES string of the molecule is C=C(C)/C=C/C(COC=O)C(C)C. The molecule has 0 N–H and O–H groups in total. The summed E-state index contributed by atoms with van der Waals surface area (Å²) in [6, 6.07) is 0. The maximum Gasteiger partial charge on any atom is 0.293 e. The molecule has 1 atom stereocenters. The van der Waals surface area contributed by atoms with Crippen LogP contribution in [0.15, 0.2) is 24.3 Å². The molecular weight excluding hydrogens is 164 g/mol. The minimum Gasteiger partial charge on any atom is -0.467 e. The number of hydrogen-bond acceptors (Lipinski definition) is 2. The molecule has 13 heavy (non-hydrogen) atoms. The first kappa shape index (κ1) is 11.9. The molecule has 0 aromatic heterocycles. The summed E-state index contributed by atoms with van der Waals surface area (Å²) >= 11 is 0. The van der Waals surface area contributed by atoms with Gasteiger partial charge in [0.25, 0.3) is 6.47 Å². The van der Waals surface area contributed by atoms with E-state index in [0.29, 0.717) is 19.0 Å². The first-order valence-corrected chi connectivity index (χ1v) is 4.47. The van der Waals surface area contributed by atoms with E-state index in [4.69, 9.17) is 4.74 Å². The van der Waals surface area contributed by atoms with Crippen LogP contribution in [0.4, 0.5) is 0 Å². The number of allylic oxidation sites excluding steroid dienone is 2. The summed E-state index contributed by atoms with van der Waals surface area (Å²) in [5.74, 6) is 0.748. The van der Waals surface area contributed by atoms with E-state index in [0.717, 1.165) is 5.57 Å². The Balaban J connectivity index is 4.08. The number of ether oxygens (including phenoxy) is 1. The largest absolute Gasteiger partial charge is 0.467 e. The maximum atomic E-state index is 10.0. The molecule has 0 amide bonds. The lowest BCUT2D eigenvalue weighted by Gasteiger charge is -2.15. The van der Waals surface area contributed by atoms with Crippen LogP contribution in [-0.4, -0.2) is 13.1 Å². The molecule has 0 aromatic rings. The van der Waals surface area contributed by atoms with Gasteiger partial charge in [-0.1, -0.05) is 38.2 Å². The fourth-order valence-corrected chi connectivity index (χ4v) is 0.908. The second-order valence-electron chi connectivity index (χ2n) is 3.54. The van der Waals surface area contributed by atoms with Crippen molar-refractivity contribution in [2.75, 3.05) is 6.61 Å². The molecule has 2 heteroatoms. The smallest absolute Gasteiger partial charge is 0.293 e. The number of carbonyl (C=O) groups excluding carboxylic acids is 1. The summed E-state index contributed by atoms with van der Waals surface area (Å²) < 4.78 is 4.73. The van der Waals surface area contributed by atoms with Crippen LogP contribution in [-0.2, 0) is 9.53 Å². The summed E-state index contributed by atoms with van der Waals surface area (Å²) in [4.78, 5) is 10.0. The van der Waals surface area contributed by atoms with Crippen LogP contribution < -0.4 is 0 Å². The zero-order valence-corrected chi connectivity index (χ0v) is 8.62. The van der Waals surface area contributed by atoms with Crippen molar-refractivity contribution in [1.29, 1.82) is 0 Å². The van der Waals surface area contributed by atoms with E-state index in [1.165, 1.54) is 0 Å². The van der Waals surface area contributed by atoms with Crippen LogP contribution in [0, 0.1) is 11.8 Å². The number of carbonyl (C=O) groups is 1. The summed E-state index contributed by atoms with van der Waals surface area (Å²) in [6.07, 6.45) is 4.00. The second-order valence-corrected chi connectivity index (χ2v) is 3.54. The molecule has 2 nitrogen and oxygen atoms in total. The van der Waals surface area contributed by atoms with Gasteiger partial charge in [-0.15, -0.1) is 0 Å². The average Bonchev–Trinajstić information content (AvgIpc) is 2.03. The van der Waals surface area contributed by atoms with Crippen molar-refractivity contribution in [2.24, 2.45) is 11.8 Å². The lowest BCUT2D eigenvalue weighted by atomic mass is 9.96. The molecule has 0 rings (SSSR count). The molecule has 0 aromatic carbocycles. The Morgan fingerprint density at radius 1 is 1.54 bits per heavy atom. The van der Waals surface area contributed by atoms with Crippen molar-refractivity contribution in [1.82, 2.24) is 0 Å². The van der Waals surface area contributed by atoms with Crippen LogP contribution in [0.1, 0.15) is 20.8 Å². The van der Waals surface area contributed by atoms with Gasteiger partial charge < -0.3 is 4.74 Å². The maximum absolute atomic E-state index is 10.0. The average molecular weight is 182 g/mol. The predicted molar refractivity (Wildman–Crippen MR) is 54.3 cm³/mol. The molecule has 74 valence electrons. The van der Waals surface area contributed by atoms with Gasteiger partial charge in [-0.2, -0.15) is 0 Å². The van der Waals surface area contributed by atoms with Crippen LogP contribution >= 0.6 is 0 Å². The first-order valence-electron chi connectivity index (χ1n) is 4.47. The van der Waals surface area contributed by atoms with Gasteiger partial charge in [-0.3, -0.25) is 4.79 Å². The van der Waals surface area contributed by atoms with Crippen molar-refractivity contribution in [3.8, 4) is 0 Å². The topological polar surface area (TPSA) is 26.3 Å². The number of hydrogen-bond donors (Lipinski definition) is 0. The van der Waals surface area contributed by atoms with E-state index in [1.54, 1.807) is 0 Å². The highest BCUT2D eigenvalue weighted by molar-refractivity contribution is 5.37. The highest BCUT2D eigenvalue weighted by Gasteiger charge is 2.09. The molecule has 1 unspecified atom stereocenters. The van der Waals surface area contributed by atoms with Gasteiger partial charge in [0, 0.05) is 5.92 Å². The van der Waals surface area contributed by atoms with Gasteiger partial charge in [0.1, 0.15) is 0 Å². The van der Waals surface area contributed by atoms with Crippen molar-refractivity contribution in [2.45, 2.75) is 20.8 Å². The Kier molecular flexibility index (Phi) is 5.94. The van der Waals surface area contributed by atoms with Gasteiger partial charge in [0.15, 0.2) is 0 Å². The van der Waals surface area contributed by atoms with E-state index < -0.39 is 0 Å². The van der Waals surface area contributed by atoms with Gasteiger partial charge in [0.2, 0.25) is 0 Å². The summed E-state index contributed by atoms with van der Waals surface area (Å²) in [5.41, 5.74) is 1.01. The standard InChI is InChI=1S/C11H18O2/c1-9(2)5-6-11(10(3)4)7-13-8-12/h5-6,8,10-11H,1,7H2,2-4H3/b6-5+. The third-order valence-electron chi connectivity index (χ3n) is 1.84. The summed E-state index contributed by atoms with van der Waals surface area (Å²) in [7, 11) is 0. The van der Waals surface area contributed by atoms with Crippen LogP contribution in [0.3, 0.4) is 0 Å². The van der Waals surface area contributed by atoms with E-state index in [9.17, 15) is 4.79 Å². The molecule has 0 aliphatic heterocycles. The van der Waals surface area contributed by atoms with E-state index in [1.807, 2.05) is 19.1 Å². The molecule has 0 bridgehead atoms. The quantitative estimate of drug-likeness (QED) is 0.466. The third kappa shape index (κ3) is 6.14. The van der Waals surface area contributed by atoms with Gasteiger partial charge in [-0.05, 0) is 12.8 Å². The van der Waals surface area contributed by atoms with Crippen molar-refractivity contribution < 1.29 is 9.53 Å². The lowest BCUT2D eigenvalue weighted by Crippen LogP contribution is -2.12. The minimum atomic E-state index is 0.280. The molecule has 0 fully saturated rings. The first-order chi connectivity index (χ1) is 6.07. The van der Waals surface area contributed by atoms with Crippen molar-refractivity contribution in [3.63, 3.8) is 0 Å². The molecule has 0 radical (unpaired) electrons. The van der Waals surface area contributed by atoms with Gasteiger partial charge >= 0.3 is 0 Å². The third-order valence-corrected chi connectivity index (χ3v) is 1.84. The molecule has 0 saturated carbocycles. The van der Waals surface area contributed by atoms with Crippen LogP contribution in [0.2, 0.25) is 0 Å². The minimum absolute atomic E-state index is 0.280. The Bertz CT molecular complexity index is 192. The number of rotatable bonds is 6. The highest BCUT2D eigenvalue weighted by Crippen LogP contribution is 2.13. The normalized spacial score (nSPS) is 13.2. The molecule has 0 aliphatic carbocycles. The Labute approximate surface area is 80.3 Å². The molecule has 0 heterocycles. The van der Waals surface area contributed by atoms with Crippen LogP contribution in [0.25, 0.3) is 0 Å². The zero-order valence-electron chi connectivity index (χ0n) is 8.62. The van der Waals surface area contributed by atoms with Gasteiger partial charge in [-0.25, -0.2) is 0 Å². The molecule has 0 aliphatic rings. The van der Waals surface area contributed by atoms with Crippen molar-refractivity contribution in [3.05, 3.63) is 24.3 Å². The fraction of sp³-hybridized carbons (Fsp3) is 0.545. The lowest BCUT2D eigenvalue weighted by molar-refractivity contribution is -0.129. The zero-order chi connectivity index (χ0) is 10.3. The monoisotopic (exact) mass is 182 g/mol. The summed E-state index contributed by atoms with van der Waals surface area (Å²) in [6.45, 7) is 10.8. The second kappa shape index (κ2) is 6.46. The molecule has 0 spiro atoms. The highest BCUT2D eigenvalue weighted by atomic mass is 16.5. The predicted octanol–water partition coefficient (Wildman–Crippen LogP) is 2.56. The Morgan fingerprint density at radius 3 is 2.54 bits per heavy atom. The van der Waals surface area contributed by atoms with E-state index >= 15 is 0 Å². The van der Waals surface area contributed by atoms with E-state index in [2.05, 4.69) is 20.4 Å². The van der Waals surface area contributed by atoms with Gasteiger partial charge in [0.05, 0.1) is 6.61 Å². The molecule has 0 saturated heterocycles. The Morgan fingerprint density at radius 2 is 2.15 bits per heavy atom. The molecular formula is C11H18O2. The Hall–Kier alpha value is -1.05. The fourth-order valence-electron chi connectivity index (χ4n) is 0.908.